The fraction of sp³-hybridized carbons (Fsp3) is 0.474. The number of aryl methyl sites for hydroxylation is 1. The monoisotopic (exact) mass is 342 g/mol. The summed E-state index contributed by atoms with van der Waals surface area (Å²) in [5, 5.41) is 6.97. The number of benzene rings is 1. The molecule has 1 N–H and O–H groups in total. The Bertz CT molecular complexity index is 647. The van der Waals surface area contributed by atoms with E-state index in [1.807, 2.05) is 13.0 Å². The van der Waals surface area contributed by atoms with E-state index in [9.17, 15) is 4.79 Å². The predicted molar refractivity (Wildman–Crippen MR) is 97.4 cm³/mol. The number of H-pyrrole nitrogens is 1. The molecule has 6 heteroatoms. The van der Waals surface area contributed by atoms with Gasteiger partial charge in [0, 0.05) is 32.4 Å². The van der Waals surface area contributed by atoms with E-state index in [0.29, 0.717) is 6.61 Å². The van der Waals surface area contributed by atoms with Crippen molar-refractivity contribution in [3.8, 4) is 11.3 Å². The highest BCUT2D eigenvalue weighted by atomic mass is 16.6. The fourth-order valence-electron chi connectivity index (χ4n) is 3.14. The highest BCUT2D eigenvalue weighted by Crippen LogP contribution is 2.17. The Hall–Kier alpha value is -2.34. The number of nitrogens with zero attached hydrogens (tertiary/aromatic N) is 3. The first-order valence-electron chi connectivity index (χ1n) is 8.99. The zero-order valence-corrected chi connectivity index (χ0v) is 14.8. The van der Waals surface area contributed by atoms with Gasteiger partial charge in [0.2, 0.25) is 0 Å². The minimum atomic E-state index is -0.181. The lowest BCUT2D eigenvalue weighted by Crippen LogP contribution is -2.49. The molecule has 1 fully saturated rings. The van der Waals surface area contributed by atoms with Crippen molar-refractivity contribution in [3.63, 3.8) is 0 Å². The molecule has 25 heavy (non-hydrogen) atoms. The number of piperazine rings is 1. The van der Waals surface area contributed by atoms with Crippen molar-refractivity contribution in [2.75, 3.05) is 39.3 Å². The maximum absolute atomic E-state index is 11.7. The number of amides is 1. The number of aromatic nitrogens is 2. The van der Waals surface area contributed by atoms with E-state index in [1.165, 1.54) is 5.56 Å². The van der Waals surface area contributed by atoms with Gasteiger partial charge in [-0.05, 0) is 43.5 Å². The first-order valence-corrected chi connectivity index (χ1v) is 8.99. The number of hydrogen-bond donors (Lipinski definition) is 1. The molecular weight excluding hydrogens is 316 g/mol. The molecule has 0 unspecified atom stereocenters. The molecule has 1 saturated heterocycles. The summed E-state index contributed by atoms with van der Waals surface area (Å²) < 4.78 is 5.05. The summed E-state index contributed by atoms with van der Waals surface area (Å²) in [6.07, 6.45) is 3.79. The SMILES string of the molecule is CCOC(=O)N1CCN(CCCc2ccc(-c3ccn[nH]3)cc2)CC1. The average molecular weight is 342 g/mol. The van der Waals surface area contributed by atoms with Crippen LogP contribution in [0.1, 0.15) is 18.9 Å². The third kappa shape index (κ3) is 4.82. The van der Waals surface area contributed by atoms with Crippen LogP contribution in [0.5, 0.6) is 0 Å². The van der Waals surface area contributed by atoms with Crippen LogP contribution >= 0.6 is 0 Å². The normalized spacial score (nSPS) is 15.3. The Morgan fingerprint density at radius 1 is 1.16 bits per heavy atom. The molecule has 2 aromatic rings. The van der Waals surface area contributed by atoms with Gasteiger partial charge in [0.25, 0.3) is 0 Å². The molecule has 0 radical (unpaired) electrons. The standard InChI is InChI=1S/C19H26N4O2/c1-2-25-19(24)23-14-12-22(13-15-23)11-3-4-16-5-7-17(8-6-16)18-9-10-20-21-18/h5-10H,2-4,11-15H2,1H3,(H,20,21). The zero-order chi connectivity index (χ0) is 17.5. The Balaban J connectivity index is 1.38. The van der Waals surface area contributed by atoms with Crippen LogP contribution in [0.15, 0.2) is 36.5 Å². The molecule has 0 spiro atoms. The van der Waals surface area contributed by atoms with Crippen molar-refractivity contribution in [2.45, 2.75) is 19.8 Å². The van der Waals surface area contributed by atoms with Gasteiger partial charge >= 0.3 is 6.09 Å². The zero-order valence-electron chi connectivity index (χ0n) is 14.8. The molecule has 1 aromatic heterocycles. The van der Waals surface area contributed by atoms with Crippen LogP contribution in [-0.4, -0.2) is 65.4 Å². The molecule has 3 rings (SSSR count). The third-order valence-electron chi connectivity index (χ3n) is 4.60. The summed E-state index contributed by atoms with van der Waals surface area (Å²) in [7, 11) is 0. The number of nitrogens with one attached hydrogen (secondary N) is 1. The third-order valence-corrected chi connectivity index (χ3v) is 4.60. The van der Waals surface area contributed by atoms with Gasteiger partial charge in [-0.25, -0.2) is 4.79 Å². The molecular formula is C19H26N4O2. The molecule has 0 atom stereocenters. The average Bonchev–Trinajstić information content (AvgIpc) is 3.18. The molecule has 0 bridgehead atoms. The Kier molecular flexibility index (Phi) is 6.06. The Morgan fingerprint density at radius 3 is 2.56 bits per heavy atom. The number of ether oxygens (including phenoxy) is 1. The van der Waals surface area contributed by atoms with Gasteiger partial charge in [-0.1, -0.05) is 24.3 Å². The predicted octanol–water partition coefficient (Wildman–Crippen LogP) is 2.78. The van der Waals surface area contributed by atoms with Crippen molar-refractivity contribution >= 4 is 6.09 Å². The van der Waals surface area contributed by atoms with E-state index in [2.05, 4.69) is 39.4 Å². The van der Waals surface area contributed by atoms with Crippen molar-refractivity contribution < 1.29 is 9.53 Å². The van der Waals surface area contributed by atoms with Crippen LogP contribution in [0.4, 0.5) is 4.79 Å². The van der Waals surface area contributed by atoms with Gasteiger partial charge in [-0.3, -0.25) is 10.00 Å². The second-order valence-electron chi connectivity index (χ2n) is 6.30. The van der Waals surface area contributed by atoms with Crippen molar-refractivity contribution in [3.05, 3.63) is 42.1 Å². The summed E-state index contributed by atoms with van der Waals surface area (Å²) in [5.74, 6) is 0. The molecule has 6 nitrogen and oxygen atoms in total. The number of aromatic amines is 1. The van der Waals surface area contributed by atoms with Crippen molar-refractivity contribution in [1.29, 1.82) is 0 Å². The van der Waals surface area contributed by atoms with Crippen LogP contribution < -0.4 is 0 Å². The van der Waals surface area contributed by atoms with E-state index in [4.69, 9.17) is 4.74 Å². The molecule has 2 heterocycles. The molecule has 1 aromatic carbocycles. The van der Waals surface area contributed by atoms with Gasteiger partial charge in [0.05, 0.1) is 12.3 Å². The lowest BCUT2D eigenvalue weighted by molar-refractivity contribution is 0.0794. The van der Waals surface area contributed by atoms with E-state index in [0.717, 1.165) is 56.8 Å². The molecule has 0 saturated carbocycles. The summed E-state index contributed by atoms with van der Waals surface area (Å²) in [6, 6.07) is 10.6. The topological polar surface area (TPSA) is 61.5 Å². The molecule has 1 aliphatic heterocycles. The molecule has 0 aliphatic carbocycles. The molecule has 1 amide bonds. The van der Waals surface area contributed by atoms with Crippen LogP contribution in [0.25, 0.3) is 11.3 Å². The van der Waals surface area contributed by atoms with Crippen molar-refractivity contribution in [1.82, 2.24) is 20.0 Å². The summed E-state index contributed by atoms with van der Waals surface area (Å²) in [6.45, 7) is 6.73. The second kappa shape index (κ2) is 8.67. The van der Waals surface area contributed by atoms with Crippen molar-refractivity contribution in [2.24, 2.45) is 0 Å². The van der Waals surface area contributed by atoms with Crippen LogP contribution in [0.3, 0.4) is 0 Å². The first-order chi connectivity index (χ1) is 12.3. The largest absolute Gasteiger partial charge is 0.450 e. The number of carbonyl (C=O) groups excluding carboxylic acids is 1. The van der Waals surface area contributed by atoms with Crippen LogP contribution in [0, 0.1) is 0 Å². The van der Waals surface area contributed by atoms with Gasteiger partial charge in [0.1, 0.15) is 0 Å². The lowest BCUT2D eigenvalue weighted by Gasteiger charge is -2.34. The van der Waals surface area contributed by atoms with E-state index in [1.54, 1.807) is 11.1 Å². The van der Waals surface area contributed by atoms with Crippen LogP contribution in [-0.2, 0) is 11.2 Å². The maximum Gasteiger partial charge on any atom is 0.409 e. The van der Waals surface area contributed by atoms with Gasteiger partial charge in [-0.15, -0.1) is 0 Å². The lowest BCUT2D eigenvalue weighted by atomic mass is 10.1. The van der Waals surface area contributed by atoms with Gasteiger partial charge in [-0.2, -0.15) is 5.10 Å². The Morgan fingerprint density at radius 2 is 1.92 bits per heavy atom. The Labute approximate surface area is 148 Å². The second-order valence-corrected chi connectivity index (χ2v) is 6.30. The van der Waals surface area contributed by atoms with Gasteiger partial charge in [0.15, 0.2) is 0 Å². The molecule has 134 valence electrons. The smallest absolute Gasteiger partial charge is 0.409 e. The number of carbonyl (C=O) groups is 1. The number of hydrogen-bond acceptors (Lipinski definition) is 4. The van der Waals surface area contributed by atoms with Gasteiger partial charge < -0.3 is 9.64 Å². The quantitative estimate of drug-likeness (QED) is 0.877. The summed E-state index contributed by atoms with van der Waals surface area (Å²) in [5.41, 5.74) is 3.57. The fourth-order valence-corrected chi connectivity index (χ4v) is 3.14. The number of rotatable bonds is 6. The summed E-state index contributed by atoms with van der Waals surface area (Å²) in [4.78, 5) is 15.9. The van der Waals surface area contributed by atoms with E-state index in [-0.39, 0.29) is 6.09 Å². The minimum absolute atomic E-state index is 0.181. The highest BCUT2D eigenvalue weighted by Gasteiger charge is 2.21. The van der Waals surface area contributed by atoms with E-state index >= 15 is 0 Å². The minimum Gasteiger partial charge on any atom is -0.450 e. The van der Waals surface area contributed by atoms with Crippen LogP contribution in [0.2, 0.25) is 0 Å². The molecule has 1 aliphatic rings. The highest BCUT2D eigenvalue weighted by molar-refractivity contribution is 5.67. The van der Waals surface area contributed by atoms with E-state index < -0.39 is 0 Å². The first kappa shape index (κ1) is 17.5. The summed E-state index contributed by atoms with van der Waals surface area (Å²) >= 11 is 0. The maximum atomic E-state index is 11.7.